The Morgan fingerprint density at radius 3 is 2.78 bits per heavy atom. The molecule has 0 radical (unpaired) electrons. The molecule has 0 spiro atoms. The van der Waals surface area contributed by atoms with Gasteiger partial charge in [0.25, 0.3) is 0 Å². The Bertz CT molecular complexity index is 540. The van der Waals surface area contributed by atoms with Crippen LogP contribution >= 0.6 is 31.9 Å². The van der Waals surface area contributed by atoms with Crippen LogP contribution in [0, 0.1) is 0 Å². The summed E-state index contributed by atoms with van der Waals surface area (Å²) in [7, 11) is 2.10. The van der Waals surface area contributed by atoms with Gasteiger partial charge in [-0.1, -0.05) is 50.9 Å². The number of halogens is 2. The zero-order chi connectivity index (χ0) is 13.1. The van der Waals surface area contributed by atoms with Crippen LogP contribution < -0.4 is 4.90 Å². The van der Waals surface area contributed by atoms with Crippen molar-refractivity contribution in [3.63, 3.8) is 0 Å². The van der Waals surface area contributed by atoms with E-state index in [1.54, 1.807) is 0 Å². The fourth-order valence-corrected chi connectivity index (χ4v) is 2.64. The second-order valence-corrected chi connectivity index (χ2v) is 6.88. The van der Waals surface area contributed by atoms with Crippen LogP contribution in [0.15, 0.2) is 34.9 Å². The van der Waals surface area contributed by atoms with Crippen LogP contribution in [0.1, 0.15) is 13.3 Å². The van der Waals surface area contributed by atoms with Gasteiger partial charge in [-0.2, -0.15) is 0 Å². The first-order valence-electron chi connectivity index (χ1n) is 5.98. The van der Waals surface area contributed by atoms with Gasteiger partial charge >= 0.3 is 0 Å². The van der Waals surface area contributed by atoms with Crippen molar-refractivity contribution in [2.75, 3.05) is 18.5 Å². The van der Waals surface area contributed by atoms with Crippen LogP contribution in [-0.2, 0) is 0 Å². The summed E-state index contributed by atoms with van der Waals surface area (Å²) in [6.45, 7) is 3.16. The zero-order valence-corrected chi connectivity index (χ0v) is 13.7. The lowest BCUT2D eigenvalue weighted by Gasteiger charge is -2.20. The summed E-state index contributed by atoms with van der Waals surface area (Å²) in [5.41, 5.74) is 0. The summed E-state index contributed by atoms with van der Waals surface area (Å²) >= 11 is 7.17. The van der Waals surface area contributed by atoms with Gasteiger partial charge in [0, 0.05) is 39.9 Å². The molecule has 0 bridgehead atoms. The van der Waals surface area contributed by atoms with Gasteiger partial charge in [0.05, 0.1) is 0 Å². The average molecular weight is 372 g/mol. The third-order valence-electron chi connectivity index (χ3n) is 2.96. The summed E-state index contributed by atoms with van der Waals surface area (Å²) in [6.07, 6.45) is 2.97. The third-order valence-corrected chi connectivity index (χ3v) is 4.11. The maximum Gasteiger partial charge on any atom is 0.136 e. The Balaban J connectivity index is 2.36. The average Bonchev–Trinajstić information content (AvgIpc) is 2.36. The highest BCUT2D eigenvalue weighted by Gasteiger charge is 2.09. The van der Waals surface area contributed by atoms with E-state index in [2.05, 4.69) is 73.9 Å². The van der Waals surface area contributed by atoms with Crippen LogP contribution in [0.5, 0.6) is 0 Å². The maximum atomic E-state index is 4.52. The van der Waals surface area contributed by atoms with Crippen molar-refractivity contribution in [2.45, 2.75) is 18.2 Å². The highest BCUT2D eigenvalue weighted by atomic mass is 79.9. The van der Waals surface area contributed by atoms with E-state index in [-0.39, 0.29) is 0 Å². The number of hydrogen-bond acceptors (Lipinski definition) is 2. The molecule has 1 aromatic heterocycles. The van der Waals surface area contributed by atoms with Gasteiger partial charge in [-0.25, -0.2) is 4.98 Å². The van der Waals surface area contributed by atoms with Gasteiger partial charge in [0.2, 0.25) is 0 Å². The Kier molecular flexibility index (Phi) is 4.62. The van der Waals surface area contributed by atoms with Gasteiger partial charge in [-0.15, -0.1) is 0 Å². The lowest BCUT2D eigenvalue weighted by atomic mass is 10.1. The second-order valence-electron chi connectivity index (χ2n) is 4.46. The number of fused-ring (bicyclic) bond motifs is 1. The highest BCUT2D eigenvalue weighted by molar-refractivity contribution is 9.10. The Morgan fingerprint density at radius 1 is 1.28 bits per heavy atom. The molecule has 0 fully saturated rings. The number of aromatic nitrogens is 1. The van der Waals surface area contributed by atoms with Crippen molar-refractivity contribution in [1.29, 1.82) is 0 Å². The summed E-state index contributed by atoms with van der Waals surface area (Å²) in [4.78, 5) is 7.26. The molecule has 18 heavy (non-hydrogen) atoms. The van der Waals surface area contributed by atoms with Crippen molar-refractivity contribution >= 4 is 48.5 Å². The minimum absolute atomic E-state index is 0.529. The Hall–Kier alpha value is -0.610. The predicted molar refractivity (Wildman–Crippen MR) is 85.7 cm³/mol. The summed E-state index contributed by atoms with van der Waals surface area (Å²) in [6, 6.07) is 8.28. The standard InChI is InChI=1S/C14H16Br2N2/c1-10(15)7-9-18(2)14-12-4-3-5-13(16)11(12)6-8-17-14/h3-6,8,10H,7,9H2,1-2H3. The maximum absolute atomic E-state index is 4.52. The van der Waals surface area contributed by atoms with Gasteiger partial charge < -0.3 is 4.90 Å². The molecule has 0 saturated heterocycles. The normalized spacial score (nSPS) is 12.7. The van der Waals surface area contributed by atoms with Gasteiger partial charge in [-0.05, 0) is 18.6 Å². The molecule has 0 aliphatic carbocycles. The predicted octanol–water partition coefficient (Wildman–Crippen LogP) is 4.61. The molecule has 2 aromatic rings. The monoisotopic (exact) mass is 370 g/mol. The molecule has 0 N–H and O–H groups in total. The summed E-state index contributed by atoms with van der Waals surface area (Å²) < 4.78 is 1.12. The number of pyridine rings is 1. The number of rotatable bonds is 4. The first-order valence-corrected chi connectivity index (χ1v) is 7.69. The molecular formula is C14H16Br2N2. The smallest absolute Gasteiger partial charge is 0.136 e. The quantitative estimate of drug-likeness (QED) is 0.729. The molecular weight excluding hydrogens is 356 g/mol. The van der Waals surface area contributed by atoms with E-state index < -0.39 is 0 Å². The van der Waals surface area contributed by atoms with Crippen LogP contribution in [0.4, 0.5) is 5.82 Å². The summed E-state index contributed by atoms with van der Waals surface area (Å²) in [5.74, 6) is 1.04. The van der Waals surface area contributed by atoms with Gasteiger partial charge in [-0.3, -0.25) is 0 Å². The van der Waals surface area contributed by atoms with Crippen molar-refractivity contribution < 1.29 is 0 Å². The van der Waals surface area contributed by atoms with Crippen LogP contribution in [0.25, 0.3) is 10.8 Å². The molecule has 0 aliphatic rings. The van der Waals surface area contributed by atoms with Crippen LogP contribution in [-0.4, -0.2) is 23.4 Å². The van der Waals surface area contributed by atoms with E-state index in [1.807, 2.05) is 12.3 Å². The topological polar surface area (TPSA) is 16.1 Å². The van der Waals surface area contributed by atoms with Gasteiger partial charge in [0.15, 0.2) is 0 Å². The number of nitrogens with zero attached hydrogens (tertiary/aromatic N) is 2. The van der Waals surface area contributed by atoms with E-state index in [9.17, 15) is 0 Å². The third kappa shape index (κ3) is 3.04. The van der Waals surface area contributed by atoms with Crippen molar-refractivity contribution in [3.8, 4) is 0 Å². The number of benzene rings is 1. The van der Waals surface area contributed by atoms with Crippen molar-refractivity contribution in [3.05, 3.63) is 34.9 Å². The van der Waals surface area contributed by atoms with E-state index in [0.29, 0.717) is 4.83 Å². The molecule has 1 atom stereocenters. The molecule has 0 amide bonds. The van der Waals surface area contributed by atoms with E-state index in [1.165, 1.54) is 10.8 Å². The van der Waals surface area contributed by atoms with Crippen molar-refractivity contribution in [1.82, 2.24) is 4.98 Å². The van der Waals surface area contributed by atoms with Gasteiger partial charge in [0.1, 0.15) is 5.82 Å². The molecule has 1 unspecified atom stereocenters. The molecule has 4 heteroatoms. The minimum atomic E-state index is 0.529. The van der Waals surface area contributed by atoms with E-state index in [0.717, 1.165) is 23.3 Å². The largest absolute Gasteiger partial charge is 0.359 e. The fourth-order valence-electron chi connectivity index (χ4n) is 1.93. The van der Waals surface area contributed by atoms with Crippen LogP contribution in [0.2, 0.25) is 0 Å². The SMILES string of the molecule is CC(Br)CCN(C)c1nccc2c(Br)cccc12. The number of anilines is 1. The molecule has 1 aromatic carbocycles. The number of alkyl halides is 1. The Labute approximate surface area is 125 Å². The molecule has 2 nitrogen and oxygen atoms in total. The molecule has 96 valence electrons. The molecule has 2 rings (SSSR count). The van der Waals surface area contributed by atoms with E-state index in [4.69, 9.17) is 0 Å². The summed E-state index contributed by atoms with van der Waals surface area (Å²) in [5, 5.41) is 2.40. The minimum Gasteiger partial charge on any atom is -0.359 e. The first kappa shape index (κ1) is 13.8. The fraction of sp³-hybridized carbons (Fsp3) is 0.357. The molecule has 0 aliphatic heterocycles. The highest BCUT2D eigenvalue weighted by Crippen LogP contribution is 2.29. The van der Waals surface area contributed by atoms with E-state index >= 15 is 0 Å². The number of hydrogen-bond donors (Lipinski definition) is 0. The zero-order valence-electron chi connectivity index (χ0n) is 10.5. The second kappa shape index (κ2) is 6.02. The Morgan fingerprint density at radius 2 is 2.06 bits per heavy atom. The molecule has 0 saturated carbocycles. The lowest BCUT2D eigenvalue weighted by molar-refractivity contribution is 0.781. The first-order chi connectivity index (χ1) is 8.59. The lowest BCUT2D eigenvalue weighted by Crippen LogP contribution is -2.21. The van der Waals surface area contributed by atoms with Crippen LogP contribution in [0.3, 0.4) is 0 Å². The molecule has 1 heterocycles. The van der Waals surface area contributed by atoms with Crippen molar-refractivity contribution in [2.24, 2.45) is 0 Å².